The smallest absolute Gasteiger partial charge is 0.341 e. The van der Waals surface area contributed by atoms with Gasteiger partial charge in [-0.05, 0) is 19.4 Å². The lowest BCUT2D eigenvalue weighted by Crippen LogP contribution is -2.46. The summed E-state index contributed by atoms with van der Waals surface area (Å²) in [7, 11) is 0. The second-order valence-corrected chi connectivity index (χ2v) is 4.94. The Morgan fingerprint density at radius 1 is 1.25 bits per heavy atom. The van der Waals surface area contributed by atoms with Crippen molar-refractivity contribution in [3.63, 3.8) is 0 Å². The van der Waals surface area contributed by atoms with Crippen molar-refractivity contribution in [2.45, 2.75) is 24.2 Å². The standard InChI is InChI=1S/C11H12BrF2NO/c1-10(2,8-6-4-3-5-7-8)15-9(16)11(12,13)14/h3-7H,1-2H3,(H,15,16). The van der Waals surface area contributed by atoms with Crippen LogP contribution >= 0.6 is 15.9 Å². The molecule has 0 atom stereocenters. The van der Waals surface area contributed by atoms with Gasteiger partial charge >= 0.3 is 10.7 Å². The van der Waals surface area contributed by atoms with E-state index >= 15 is 0 Å². The van der Waals surface area contributed by atoms with E-state index < -0.39 is 16.3 Å². The number of hydrogen-bond donors (Lipinski definition) is 1. The Balaban J connectivity index is 2.85. The third-order valence-electron chi connectivity index (χ3n) is 2.18. The van der Waals surface area contributed by atoms with Gasteiger partial charge in [-0.2, -0.15) is 8.78 Å². The average Bonchev–Trinajstić information content (AvgIpc) is 2.17. The van der Waals surface area contributed by atoms with Crippen LogP contribution < -0.4 is 5.32 Å². The van der Waals surface area contributed by atoms with E-state index in [0.29, 0.717) is 0 Å². The molecule has 0 aliphatic rings. The average molecular weight is 292 g/mol. The van der Waals surface area contributed by atoms with E-state index in [1.54, 1.807) is 38.1 Å². The Hall–Kier alpha value is -0.970. The minimum Gasteiger partial charge on any atom is -0.341 e. The fourth-order valence-electron chi connectivity index (χ4n) is 1.28. The maximum Gasteiger partial charge on any atom is 0.377 e. The highest BCUT2D eigenvalue weighted by molar-refractivity contribution is 9.10. The quantitative estimate of drug-likeness (QED) is 0.852. The van der Waals surface area contributed by atoms with E-state index in [4.69, 9.17) is 0 Å². The summed E-state index contributed by atoms with van der Waals surface area (Å²) >= 11 is 2.02. The SMILES string of the molecule is CC(C)(NC(=O)C(F)(F)Br)c1ccccc1. The van der Waals surface area contributed by atoms with Crippen LogP contribution in [0, 0.1) is 0 Å². The predicted molar refractivity (Wildman–Crippen MR) is 61.5 cm³/mol. The molecule has 0 saturated carbocycles. The summed E-state index contributed by atoms with van der Waals surface area (Å²) in [6, 6.07) is 8.94. The topological polar surface area (TPSA) is 29.1 Å². The molecule has 0 bridgehead atoms. The summed E-state index contributed by atoms with van der Waals surface area (Å²) in [5.41, 5.74) is -0.0738. The molecule has 1 aromatic carbocycles. The Kier molecular flexibility index (Phi) is 3.68. The first-order valence-corrected chi connectivity index (χ1v) is 5.47. The van der Waals surface area contributed by atoms with E-state index in [2.05, 4.69) is 5.32 Å². The number of hydrogen-bond acceptors (Lipinski definition) is 1. The molecule has 0 heterocycles. The summed E-state index contributed by atoms with van der Waals surface area (Å²) in [6.45, 7) is 3.33. The Morgan fingerprint density at radius 2 is 1.75 bits per heavy atom. The summed E-state index contributed by atoms with van der Waals surface area (Å²) in [5, 5.41) is 2.28. The molecule has 0 aliphatic heterocycles. The van der Waals surface area contributed by atoms with Gasteiger partial charge in [0.1, 0.15) is 0 Å². The van der Waals surface area contributed by atoms with Crippen molar-refractivity contribution in [1.82, 2.24) is 5.32 Å². The van der Waals surface area contributed by atoms with Crippen molar-refractivity contribution < 1.29 is 13.6 Å². The number of rotatable bonds is 3. The Morgan fingerprint density at radius 3 is 2.19 bits per heavy atom. The van der Waals surface area contributed by atoms with Crippen molar-refractivity contribution in [2.75, 3.05) is 0 Å². The highest BCUT2D eigenvalue weighted by atomic mass is 79.9. The summed E-state index contributed by atoms with van der Waals surface area (Å²) < 4.78 is 25.3. The monoisotopic (exact) mass is 291 g/mol. The van der Waals surface area contributed by atoms with Gasteiger partial charge in [-0.3, -0.25) is 4.79 Å². The van der Waals surface area contributed by atoms with Gasteiger partial charge < -0.3 is 5.32 Å². The third-order valence-corrected chi connectivity index (χ3v) is 2.54. The highest BCUT2D eigenvalue weighted by Gasteiger charge is 2.38. The highest BCUT2D eigenvalue weighted by Crippen LogP contribution is 2.25. The van der Waals surface area contributed by atoms with Crippen LogP contribution in [0.1, 0.15) is 19.4 Å². The largest absolute Gasteiger partial charge is 0.377 e. The molecule has 0 spiro atoms. The molecule has 5 heteroatoms. The van der Waals surface area contributed by atoms with Crippen LogP contribution in [0.2, 0.25) is 0 Å². The first-order chi connectivity index (χ1) is 7.23. The lowest BCUT2D eigenvalue weighted by Gasteiger charge is -2.27. The van der Waals surface area contributed by atoms with Crippen LogP contribution in [0.15, 0.2) is 30.3 Å². The summed E-state index contributed by atoms with van der Waals surface area (Å²) in [6.07, 6.45) is 0. The van der Waals surface area contributed by atoms with Gasteiger partial charge in [0, 0.05) is 15.9 Å². The maximum absolute atomic E-state index is 12.7. The van der Waals surface area contributed by atoms with Crippen LogP contribution in [-0.4, -0.2) is 10.7 Å². The molecule has 0 aliphatic carbocycles. The Labute approximate surface area is 101 Å². The fourth-order valence-corrected chi connectivity index (χ4v) is 1.38. The number of benzene rings is 1. The molecule has 0 aromatic heterocycles. The first kappa shape index (κ1) is 13.1. The molecule has 0 unspecified atom stereocenters. The van der Waals surface area contributed by atoms with Crippen molar-refractivity contribution in [3.8, 4) is 0 Å². The lowest BCUT2D eigenvalue weighted by molar-refractivity contribution is -0.136. The zero-order valence-electron chi connectivity index (χ0n) is 8.93. The van der Waals surface area contributed by atoms with Crippen molar-refractivity contribution >= 4 is 21.8 Å². The van der Waals surface area contributed by atoms with Gasteiger partial charge in [-0.15, -0.1) is 0 Å². The molecule has 0 fully saturated rings. The van der Waals surface area contributed by atoms with Crippen LogP contribution in [0.4, 0.5) is 8.78 Å². The molecule has 16 heavy (non-hydrogen) atoms. The molecule has 1 aromatic rings. The van der Waals surface area contributed by atoms with Gasteiger partial charge in [0.15, 0.2) is 0 Å². The molecule has 0 saturated heterocycles. The van der Waals surface area contributed by atoms with Crippen molar-refractivity contribution in [3.05, 3.63) is 35.9 Å². The molecule has 0 radical (unpaired) electrons. The van der Waals surface area contributed by atoms with Crippen LogP contribution in [0.3, 0.4) is 0 Å². The molecule has 1 rings (SSSR count). The number of carbonyl (C=O) groups excluding carboxylic acids is 1. The molecule has 88 valence electrons. The minimum absolute atomic E-state index is 0.764. The number of halogens is 3. The van der Waals surface area contributed by atoms with Gasteiger partial charge in [0.05, 0.1) is 5.54 Å². The maximum atomic E-state index is 12.7. The second-order valence-electron chi connectivity index (χ2n) is 3.94. The number of nitrogens with one attached hydrogen (secondary N) is 1. The Bertz CT molecular complexity index is 373. The predicted octanol–water partition coefficient (Wildman–Crippen LogP) is 3.03. The van der Waals surface area contributed by atoms with Gasteiger partial charge in [0.2, 0.25) is 0 Å². The molecular formula is C11H12BrF2NO. The van der Waals surface area contributed by atoms with Gasteiger partial charge in [0.25, 0.3) is 0 Å². The normalized spacial score (nSPS) is 12.3. The molecular weight excluding hydrogens is 280 g/mol. The number of carbonyl (C=O) groups is 1. The third kappa shape index (κ3) is 3.27. The van der Waals surface area contributed by atoms with E-state index in [9.17, 15) is 13.6 Å². The van der Waals surface area contributed by atoms with Crippen molar-refractivity contribution in [1.29, 1.82) is 0 Å². The molecule has 1 amide bonds. The van der Waals surface area contributed by atoms with Gasteiger partial charge in [-0.1, -0.05) is 30.3 Å². The van der Waals surface area contributed by atoms with Crippen molar-refractivity contribution in [2.24, 2.45) is 0 Å². The van der Waals surface area contributed by atoms with E-state index in [0.717, 1.165) is 5.56 Å². The van der Waals surface area contributed by atoms with Crippen LogP contribution in [0.25, 0.3) is 0 Å². The minimum atomic E-state index is -3.54. The first-order valence-electron chi connectivity index (χ1n) is 4.68. The number of amides is 1. The summed E-state index contributed by atoms with van der Waals surface area (Å²) in [5.74, 6) is -1.35. The van der Waals surface area contributed by atoms with Crippen LogP contribution in [-0.2, 0) is 10.3 Å². The zero-order valence-corrected chi connectivity index (χ0v) is 10.5. The van der Waals surface area contributed by atoms with Crippen LogP contribution in [0.5, 0.6) is 0 Å². The molecule has 2 nitrogen and oxygen atoms in total. The fraction of sp³-hybridized carbons (Fsp3) is 0.364. The zero-order chi connectivity index (χ0) is 12.4. The second kappa shape index (κ2) is 4.49. The lowest BCUT2D eigenvalue weighted by atomic mass is 9.94. The van der Waals surface area contributed by atoms with E-state index in [1.165, 1.54) is 0 Å². The summed E-state index contributed by atoms with van der Waals surface area (Å²) in [4.78, 5) is 7.60. The van der Waals surface area contributed by atoms with E-state index in [-0.39, 0.29) is 0 Å². The van der Waals surface area contributed by atoms with Gasteiger partial charge in [-0.25, -0.2) is 0 Å². The number of alkyl halides is 3. The molecule has 1 N–H and O–H groups in total. The van der Waals surface area contributed by atoms with E-state index in [1.807, 2.05) is 22.0 Å².